The Kier molecular flexibility index (Phi) is 13.7. The number of fused-ring (bicyclic) bond motifs is 4. The van der Waals surface area contributed by atoms with Crippen LogP contribution in [0.4, 0.5) is 34.1 Å². The van der Waals surface area contributed by atoms with Gasteiger partial charge in [0.1, 0.15) is 0 Å². The van der Waals surface area contributed by atoms with Crippen molar-refractivity contribution in [2.45, 2.75) is 105 Å². The maximum atomic E-state index is 2.59. The van der Waals surface area contributed by atoms with Crippen molar-refractivity contribution >= 4 is 57.2 Å². The average Bonchev–Trinajstić information content (AvgIpc) is 0.885. The Balaban J connectivity index is 1.08. The van der Waals surface area contributed by atoms with Crippen molar-refractivity contribution in [2.75, 3.05) is 9.80 Å². The molecule has 418 valence electrons. The summed E-state index contributed by atoms with van der Waals surface area (Å²) < 4.78 is 0. The Bertz CT molecular complexity index is 4010. The Hall–Kier alpha value is -8.92. The van der Waals surface area contributed by atoms with E-state index in [-0.39, 0.29) is 28.4 Å². The molecule has 2 nitrogen and oxygen atoms in total. The summed E-state index contributed by atoms with van der Waals surface area (Å²) in [5, 5.41) is 0. The highest BCUT2D eigenvalue weighted by molar-refractivity contribution is 7.00. The lowest BCUT2D eigenvalue weighted by Gasteiger charge is -2.45. The molecule has 13 rings (SSSR count). The van der Waals surface area contributed by atoms with E-state index in [2.05, 4.69) is 342 Å². The molecule has 0 aliphatic carbocycles. The zero-order chi connectivity index (χ0) is 59.2. The van der Waals surface area contributed by atoms with E-state index >= 15 is 0 Å². The molecule has 0 unspecified atom stereocenters. The second-order valence-corrected chi connectivity index (χ2v) is 27.8. The fourth-order valence-corrected chi connectivity index (χ4v) is 13.1. The van der Waals surface area contributed by atoms with Crippen molar-refractivity contribution < 1.29 is 0 Å². The number of para-hydroxylation sites is 2. The third-order valence-electron chi connectivity index (χ3n) is 17.9. The van der Waals surface area contributed by atoms with Crippen LogP contribution in [0.15, 0.2) is 249 Å². The van der Waals surface area contributed by atoms with Crippen LogP contribution in [-0.4, -0.2) is 6.71 Å². The summed E-state index contributed by atoms with van der Waals surface area (Å²) >= 11 is 0. The van der Waals surface area contributed by atoms with Crippen molar-refractivity contribution in [1.29, 1.82) is 0 Å². The molecule has 0 spiro atoms. The highest BCUT2D eigenvalue weighted by Crippen LogP contribution is 2.50. The normalized spacial score (nSPS) is 13.1. The van der Waals surface area contributed by atoms with Gasteiger partial charge in [0.25, 0.3) is 6.71 Å². The van der Waals surface area contributed by atoms with E-state index in [9.17, 15) is 0 Å². The maximum Gasteiger partial charge on any atom is 0.252 e. The van der Waals surface area contributed by atoms with Gasteiger partial charge < -0.3 is 9.80 Å². The molecule has 0 aromatic heterocycles. The van der Waals surface area contributed by atoms with Crippen LogP contribution in [0.2, 0.25) is 0 Å². The van der Waals surface area contributed by atoms with Gasteiger partial charge in [-0.25, -0.2) is 0 Å². The highest BCUT2D eigenvalue weighted by Gasteiger charge is 2.44. The first-order valence-electron chi connectivity index (χ1n) is 30.5. The van der Waals surface area contributed by atoms with E-state index in [1.165, 1.54) is 128 Å². The number of anilines is 6. The lowest BCUT2D eigenvalue weighted by molar-refractivity contribution is 0.568. The van der Waals surface area contributed by atoms with Crippen LogP contribution in [-0.2, 0) is 21.7 Å². The van der Waals surface area contributed by atoms with Crippen LogP contribution in [0.25, 0.3) is 66.8 Å². The van der Waals surface area contributed by atoms with Gasteiger partial charge in [-0.1, -0.05) is 295 Å². The maximum absolute atomic E-state index is 2.59. The van der Waals surface area contributed by atoms with Crippen LogP contribution in [0, 0.1) is 0 Å². The molecule has 0 atom stereocenters. The second kappa shape index (κ2) is 21.0. The van der Waals surface area contributed by atoms with Crippen molar-refractivity contribution in [2.24, 2.45) is 0 Å². The van der Waals surface area contributed by atoms with Crippen LogP contribution in [0.1, 0.15) is 105 Å². The van der Waals surface area contributed by atoms with Gasteiger partial charge in [-0.05, 0) is 152 Å². The fourth-order valence-electron chi connectivity index (χ4n) is 13.1. The van der Waals surface area contributed by atoms with Gasteiger partial charge in [0.05, 0.1) is 11.4 Å². The van der Waals surface area contributed by atoms with Gasteiger partial charge in [-0.2, -0.15) is 0 Å². The summed E-state index contributed by atoms with van der Waals surface area (Å²) in [6, 6.07) is 94.4. The number of benzene rings is 11. The summed E-state index contributed by atoms with van der Waals surface area (Å²) in [5.74, 6) is 0. The molecule has 0 N–H and O–H groups in total. The Morgan fingerprint density at radius 2 is 0.518 bits per heavy atom. The van der Waals surface area contributed by atoms with Gasteiger partial charge in [-0.15, -0.1) is 0 Å². The minimum atomic E-state index is -0.0966. The molecule has 11 aromatic rings. The third kappa shape index (κ3) is 10.1. The predicted molar refractivity (Wildman–Crippen MR) is 368 cm³/mol. The SMILES string of the molecule is CC(C)(C)c1cc(-c2ccccc2-c2ccc3c(c2)N(c2ccccc2-c2ccccc2)c2cccc4c2B3c2ccc(-c3ccccc3-c3cc(C(C)(C)C)cc(C(C)(C)C)c3)cc2N4c2ccccc2-c2ccccc2)cc(C(C)(C)C)c1. The van der Waals surface area contributed by atoms with Crippen molar-refractivity contribution in [1.82, 2.24) is 0 Å². The van der Waals surface area contributed by atoms with Gasteiger partial charge in [0, 0.05) is 33.9 Å². The first-order chi connectivity index (χ1) is 40.7. The molecule has 85 heavy (non-hydrogen) atoms. The van der Waals surface area contributed by atoms with Crippen molar-refractivity contribution in [3.8, 4) is 66.8 Å². The predicted octanol–water partition coefficient (Wildman–Crippen LogP) is 21.0. The number of nitrogens with zero attached hydrogens (tertiary/aromatic N) is 2. The zero-order valence-corrected chi connectivity index (χ0v) is 51.6. The van der Waals surface area contributed by atoms with Crippen molar-refractivity contribution in [3.63, 3.8) is 0 Å². The van der Waals surface area contributed by atoms with E-state index < -0.39 is 0 Å². The molecule has 0 saturated carbocycles. The molecule has 0 saturated heterocycles. The number of hydrogen-bond donors (Lipinski definition) is 0. The van der Waals surface area contributed by atoms with Crippen LogP contribution in [0.5, 0.6) is 0 Å². The number of hydrogen-bond acceptors (Lipinski definition) is 2. The largest absolute Gasteiger partial charge is 0.311 e. The molecule has 3 heteroatoms. The Labute approximate surface area is 506 Å². The first-order valence-corrected chi connectivity index (χ1v) is 30.5. The van der Waals surface area contributed by atoms with Crippen LogP contribution >= 0.6 is 0 Å². The highest BCUT2D eigenvalue weighted by atomic mass is 15.2. The Morgan fingerprint density at radius 3 is 0.859 bits per heavy atom. The molecule has 0 amide bonds. The van der Waals surface area contributed by atoms with Gasteiger partial charge in [0.2, 0.25) is 0 Å². The van der Waals surface area contributed by atoms with Crippen molar-refractivity contribution in [3.05, 3.63) is 271 Å². The first kappa shape index (κ1) is 55.3. The van der Waals surface area contributed by atoms with E-state index in [0.29, 0.717) is 0 Å². The standard InChI is InChI=1S/C82H77BN2/c1-79(2,3)60-46-58(47-61(52-60)80(4,5)6)66-34-21-19-32-64(66)56-42-44-70-76(50-56)84(72-38-25-23-36-68(72)54-28-15-13-16-29-54)74-40-27-41-75-78(74)83(70)71-45-43-57(51-77(71)85(75)73-39-26-24-37-69(73)55-30-17-14-18-31-55)65-33-20-22-35-67(65)59-48-62(81(7,8)9)53-63(49-59)82(10,11)12/h13-53H,1-12H3. The van der Waals surface area contributed by atoms with Gasteiger partial charge >= 0.3 is 0 Å². The summed E-state index contributed by atoms with van der Waals surface area (Å²) in [6.45, 7) is 27.9. The molecule has 0 bridgehead atoms. The molecule has 11 aromatic carbocycles. The lowest BCUT2D eigenvalue weighted by atomic mass is 9.33. The molecular weight excluding hydrogens is 1020 g/mol. The van der Waals surface area contributed by atoms with Crippen LogP contribution in [0.3, 0.4) is 0 Å². The van der Waals surface area contributed by atoms with Gasteiger partial charge in [0.15, 0.2) is 0 Å². The fraction of sp³-hybridized carbons (Fsp3) is 0.195. The lowest BCUT2D eigenvalue weighted by Crippen LogP contribution is -2.61. The summed E-state index contributed by atoms with van der Waals surface area (Å²) in [7, 11) is 0. The summed E-state index contributed by atoms with van der Waals surface area (Å²) in [6.07, 6.45) is 0. The third-order valence-corrected chi connectivity index (χ3v) is 17.9. The molecule has 2 aliphatic heterocycles. The second-order valence-electron chi connectivity index (χ2n) is 27.8. The topological polar surface area (TPSA) is 6.48 Å². The molecule has 0 radical (unpaired) electrons. The monoisotopic (exact) mass is 1100 g/mol. The smallest absolute Gasteiger partial charge is 0.252 e. The molecular formula is C82H77BN2. The van der Waals surface area contributed by atoms with E-state index in [0.717, 1.165) is 11.4 Å². The van der Waals surface area contributed by atoms with E-state index in [1.807, 2.05) is 0 Å². The minimum absolute atomic E-state index is 0.0243. The zero-order valence-electron chi connectivity index (χ0n) is 51.6. The summed E-state index contributed by atoms with van der Waals surface area (Å²) in [4.78, 5) is 5.18. The quantitative estimate of drug-likeness (QED) is 0.140. The van der Waals surface area contributed by atoms with Gasteiger partial charge in [-0.3, -0.25) is 0 Å². The minimum Gasteiger partial charge on any atom is -0.311 e. The van der Waals surface area contributed by atoms with Crippen LogP contribution < -0.4 is 26.2 Å². The molecule has 0 fully saturated rings. The molecule has 2 aliphatic rings. The van der Waals surface area contributed by atoms with E-state index in [4.69, 9.17) is 0 Å². The van der Waals surface area contributed by atoms with E-state index in [1.54, 1.807) is 0 Å². The Morgan fingerprint density at radius 1 is 0.224 bits per heavy atom. The molecule has 2 heterocycles. The number of rotatable bonds is 8. The average molecular weight is 1100 g/mol. The summed E-state index contributed by atoms with van der Waals surface area (Å²) in [5.41, 5.74) is 30.6.